The Kier molecular flexibility index (Phi) is 2.92. The molecule has 1 rings (SSSR count). The fourth-order valence-corrected chi connectivity index (χ4v) is 2.53. The summed E-state index contributed by atoms with van der Waals surface area (Å²) >= 11 is 0. The minimum absolute atomic E-state index is 0.131. The van der Waals surface area contributed by atoms with Crippen molar-refractivity contribution in [2.45, 2.75) is 12.8 Å². The quantitative estimate of drug-likeness (QED) is 0.527. The van der Waals surface area contributed by atoms with Gasteiger partial charge in [-0.1, -0.05) is 11.5 Å². The van der Waals surface area contributed by atoms with E-state index in [1.807, 2.05) is 0 Å². The first kappa shape index (κ1) is 9.76. The molecule has 2 N–H and O–H groups in total. The molecule has 0 atom stereocenters. The van der Waals surface area contributed by atoms with E-state index in [1.165, 1.54) is 5.98 Å². The normalized spacial score (nSPS) is 22.0. The van der Waals surface area contributed by atoms with Gasteiger partial charge in [-0.2, -0.15) is 0 Å². The van der Waals surface area contributed by atoms with Crippen LogP contribution >= 0.6 is 0 Å². The Morgan fingerprint density at radius 1 is 1.25 bits per heavy atom. The molecule has 0 bridgehead atoms. The van der Waals surface area contributed by atoms with Gasteiger partial charge in [0.15, 0.2) is 9.84 Å². The van der Waals surface area contributed by atoms with E-state index >= 15 is 0 Å². The van der Waals surface area contributed by atoms with Crippen molar-refractivity contribution >= 4 is 17.0 Å². The van der Waals surface area contributed by atoms with Crippen LogP contribution in [0, 0.1) is 0 Å². The molecule has 68 valence electrons. The highest BCUT2D eigenvalue weighted by molar-refractivity contribution is 7.91. The van der Waals surface area contributed by atoms with E-state index in [1.54, 1.807) is 0 Å². The molecule has 1 saturated heterocycles. The molecule has 0 aromatic heterocycles. The van der Waals surface area contributed by atoms with E-state index in [0.29, 0.717) is 12.8 Å². The molecule has 4 nitrogen and oxygen atoms in total. The Morgan fingerprint density at radius 3 is 2.17 bits per heavy atom. The molecule has 0 aliphatic carbocycles. The summed E-state index contributed by atoms with van der Waals surface area (Å²) in [6.45, 7) is 0. The molecule has 0 spiro atoms. The Morgan fingerprint density at radius 2 is 1.75 bits per heavy atom. The summed E-state index contributed by atoms with van der Waals surface area (Å²) in [5.41, 5.74) is 0.819. The average Bonchev–Trinajstić information content (AvgIpc) is 1.93. The zero-order valence-electron chi connectivity index (χ0n) is 6.60. The molecule has 6 heteroatoms. The van der Waals surface area contributed by atoms with Gasteiger partial charge in [0, 0.05) is 0 Å². The third-order valence-corrected chi connectivity index (χ3v) is 3.51. The second-order valence-corrected chi connectivity index (χ2v) is 5.19. The summed E-state index contributed by atoms with van der Waals surface area (Å²) in [4.78, 5) is 0. The first-order valence-electron chi connectivity index (χ1n) is 3.76. The van der Waals surface area contributed by atoms with E-state index in [-0.39, 0.29) is 11.5 Å². The van der Waals surface area contributed by atoms with E-state index in [2.05, 4.69) is 0 Å². The predicted octanol–water partition coefficient (Wildman–Crippen LogP) is -0.867. The topological polar surface area (TPSA) is 74.6 Å². The monoisotopic (exact) mass is 190 g/mol. The van der Waals surface area contributed by atoms with Gasteiger partial charge in [-0.3, -0.25) is 0 Å². The summed E-state index contributed by atoms with van der Waals surface area (Å²) in [6, 6.07) is 0. The molecule has 0 saturated carbocycles. The molecule has 0 amide bonds. The number of rotatable bonds is 1. The van der Waals surface area contributed by atoms with Crippen molar-refractivity contribution in [1.82, 2.24) is 0 Å². The van der Waals surface area contributed by atoms with Crippen LogP contribution in [0.15, 0.2) is 11.5 Å². The van der Waals surface area contributed by atoms with Crippen molar-refractivity contribution in [2.75, 3.05) is 11.5 Å². The molecule has 1 aliphatic rings. The third-order valence-electron chi connectivity index (χ3n) is 1.85. The lowest BCUT2D eigenvalue weighted by Crippen LogP contribution is -2.19. The van der Waals surface area contributed by atoms with Crippen LogP contribution in [0.1, 0.15) is 12.8 Å². The van der Waals surface area contributed by atoms with E-state index in [0.717, 1.165) is 5.57 Å². The first-order valence-corrected chi connectivity index (χ1v) is 5.58. The van der Waals surface area contributed by atoms with Crippen molar-refractivity contribution in [3.8, 4) is 0 Å². The van der Waals surface area contributed by atoms with Crippen molar-refractivity contribution < 1.29 is 18.5 Å². The van der Waals surface area contributed by atoms with Gasteiger partial charge in [0.25, 0.3) is 0 Å². The maximum Gasteiger partial charge on any atom is 0.480 e. The summed E-state index contributed by atoms with van der Waals surface area (Å²) in [5.74, 6) is 1.56. The number of allylic oxidation sites excluding steroid dienone is 1. The Hall–Kier alpha value is -0.325. The Balaban J connectivity index is 2.58. The lowest BCUT2D eigenvalue weighted by atomic mass is 9.87. The van der Waals surface area contributed by atoms with Gasteiger partial charge in [0.1, 0.15) is 0 Å². The minimum atomic E-state index is -2.86. The van der Waals surface area contributed by atoms with Gasteiger partial charge in [0.2, 0.25) is 0 Å². The van der Waals surface area contributed by atoms with Crippen molar-refractivity contribution in [1.29, 1.82) is 0 Å². The van der Waals surface area contributed by atoms with Crippen LogP contribution in [0.4, 0.5) is 0 Å². The lowest BCUT2D eigenvalue weighted by molar-refractivity contribution is 0.423. The van der Waals surface area contributed by atoms with Gasteiger partial charge in [-0.25, -0.2) is 8.42 Å². The highest BCUT2D eigenvalue weighted by atomic mass is 32.2. The lowest BCUT2D eigenvalue weighted by Gasteiger charge is -2.14. The number of hydrogen-bond donors (Lipinski definition) is 2. The molecule has 0 aromatic rings. The maximum absolute atomic E-state index is 10.9. The van der Waals surface area contributed by atoms with Crippen molar-refractivity contribution in [3.05, 3.63) is 11.5 Å². The maximum atomic E-state index is 10.9. The van der Waals surface area contributed by atoms with E-state index < -0.39 is 17.0 Å². The van der Waals surface area contributed by atoms with Gasteiger partial charge in [-0.15, -0.1) is 0 Å². The van der Waals surface area contributed by atoms with Gasteiger partial charge in [0.05, 0.1) is 11.5 Å². The summed E-state index contributed by atoms with van der Waals surface area (Å²) in [6.07, 6.45) is 0.861. The Labute approximate surface area is 72.0 Å². The first-order chi connectivity index (χ1) is 5.49. The van der Waals surface area contributed by atoms with Crippen LogP contribution in [0.2, 0.25) is 0 Å². The SMILES string of the molecule is O=S1(=O)CCC(=CB(O)O)CC1. The van der Waals surface area contributed by atoms with Crippen LogP contribution in [0.5, 0.6) is 0 Å². The third kappa shape index (κ3) is 2.96. The van der Waals surface area contributed by atoms with Crippen LogP contribution in [-0.2, 0) is 9.84 Å². The molecular formula is C6H11BO4S. The minimum Gasteiger partial charge on any atom is -0.424 e. The highest BCUT2D eigenvalue weighted by Gasteiger charge is 2.19. The standard InChI is InChI=1S/C6H11BO4S/c8-7(9)5-6-1-3-12(10,11)4-2-6/h5,8-9H,1-4H2. The van der Waals surface area contributed by atoms with Crippen molar-refractivity contribution in [3.63, 3.8) is 0 Å². The van der Waals surface area contributed by atoms with Crippen LogP contribution in [0.3, 0.4) is 0 Å². The summed E-state index contributed by atoms with van der Waals surface area (Å²) in [7, 11) is -4.31. The zero-order chi connectivity index (χ0) is 9.19. The molecule has 1 heterocycles. The Bertz CT molecular complexity index is 264. The van der Waals surface area contributed by atoms with Crippen molar-refractivity contribution in [2.24, 2.45) is 0 Å². The van der Waals surface area contributed by atoms with Gasteiger partial charge >= 0.3 is 7.12 Å². The molecule has 12 heavy (non-hydrogen) atoms. The largest absolute Gasteiger partial charge is 0.480 e. The fraction of sp³-hybridized carbons (Fsp3) is 0.667. The highest BCUT2D eigenvalue weighted by Crippen LogP contribution is 2.17. The molecule has 1 fully saturated rings. The summed E-state index contributed by atoms with van der Waals surface area (Å²) < 4.78 is 21.9. The van der Waals surface area contributed by atoms with Crippen LogP contribution in [-0.4, -0.2) is 37.1 Å². The molecular weight excluding hydrogens is 179 g/mol. The van der Waals surface area contributed by atoms with Gasteiger partial charge < -0.3 is 10.0 Å². The van der Waals surface area contributed by atoms with E-state index in [4.69, 9.17) is 10.0 Å². The second-order valence-electron chi connectivity index (χ2n) is 2.89. The molecule has 0 unspecified atom stereocenters. The number of hydrogen-bond acceptors (Lipinski definition) is 4. The average molecular weight is 190 g/mol. The summed E-state index contributed by atoms with van der Waals surface area (Å²) in [5, 5.41) is 17.1. The zero-order valence-corrected chi connectivity index (χ0v) is 7.42. The van der Waals surface area contributed by atoms with Gasteiger partial charge in [-0.05, 0) is 12.8 Å². The van der Waals surface area contributed by atoms with Crippen LogP contribution < -0.4 is 0 Å². The molecule has 0 radical (unpaired) electrons. The number of sulfone groups is 1. The second kappa shape index (κ2) is 3.59. The molecule has 1 aliphatic heterocycles. The fourth-order valence-electron chi connectivity index (χ4n) is 1.18. The predicted molar refractivity (Wildman–Crippen MR) is 46.2 cm³/mol. The van der Waals surface area contributed by atoms with E-state index in [9.17, 15) is 8.42 Å². The molecule has 0 aromatic carbocycles. The van der Waals surface area contributed by atoms with Crippen LogP contribution in [0.25, 0.3) is 0 Å². The smallest absolute Gasteiger partial charge is 0.424 e.